The van der Waals surface area contributed by atoms with E-state index in [1.54, 1.807) is 0 Å². The van der Waals surface area contributed by atoms with Gasteiger partial charge in [-0.05, 0) is 53.4 Å². The number of likely N-dealkylation sites (N-methyl/N-ethyl adjacent to an activating group) is 2. The van der Waals surface area contributed by atoms with Crippen LogP contribution in [-0.2, 0) is 0 Å². The third-order valence-corrected chi connectivity index (χ3v) is 3.98. The molecule has 1 fully saturated rings. The molecule has 0 saturated heterocycles. The van der Waals surface area contributed by atoms with Gasteiger partial charge in [-0.25, -0.2) is 0 Å². The number of nitrogens with zero attached hydrogens (tertiary/aromatic N) is 3. The predicted octanol–water partition coefficient (Wildman–Crippen LogP) is 1.29. The van der Waals surface area contributed by atoms with Gasteiger partial charge < -0.3 is 9.80 Å². The number of hydrogen-bond donors (Lipinski definition) is 1. The van der Waals surface area contributed by atoms with Gasteiger partial charge in [-0.15, -0.1) is 0 Å². The van der Waals surface area contributed by atoms with Crippen molar-refractivity contribution in [1.82, 2.24) is 15.1 Å². The Morgan fingerprint density at radius 2 is 2.06 bits per heavy atom. The van der Waals surface area contributed by atoms with E-state index in [9.17, 15) is 5.26 Å². The fourth-order valence-electron chi connectivity index (χ4n) is 2.80. The van der Waals surface area contributed by atoms with Crippen LogP contribution in [0.1, 0.15) is 32.6 Å². The zero-order chi connectivity index (χ0) is 13.6. The van der Waals surface area contributed by atoms with E-state index in [-0.39, 0.29) is 5.54 Å². The van der Waals surface area contributed by atoms with Gasteiger partial charge in [0, 0.05) is 19.1 Å². The van der Waals surface area contributed by atoms with Crippen LogP contribution in [0.3, 0.4) is 0 Å². The molecule has 0 aromatic rings. The maximum Gasteiger partial charge on any atom is 0.108 e. The zero-order valence-electron chi connectivity index (χ0n) is 12.4. The van der Waals surface area contributed by atoms with Gasteiger partial charge in [-0.2, -0.15) is 5.26 Å². The maximum atomic E-state index is 9.45. The highest BCUT2D eigenvalue weighted by atomic mass is 15.2. The summed E-state index contributed by atoms with van der Waals surface area (Å²) in [6.07, 6.45) is 4.33. The Labute approximate surface area is 112 Å². The SMILES string of the molecule is CCNC1(C#N)CCCC(N(C)CCN(C)C)C1. The van der Waals surface area contributed by atoms with Crippen LogP contribution >= 0.6 is 0 Å². The lowest BCUT2D eigenvalue weighted by Crippen LogP contribution is -2.52. The van der Waals surface area contributed by atoms with Crippen molar-refractivity contribution in [3.8, 4) is 6.07 Å². The highest BCUT2D eigenvalue weighted by Gasteiger charge is 2.37. The average molecular weight is 252 g/mol. The Bertz CT molecular complexity index is 280. The van der Waals surface area contributed by atoms with Gasteiger partial charge >= 0.3 is 0 Å². The molecule has 0 spiro atoms. The first kappa shape index (κ1) is 15.4. The summed E-state index contributed by atoms with van der Waals surface area (Å²) in [5.74, 6) is 0. The lowest BCUT2D eigenvalue weighted by molar-refractivity contribution is 0.137. The van der Waals surface area contributed by atoms with Crippen LogP contribution in [0, 0.1) is 11.3 Å². The molecule has 1 aliphatic rings. The minimum Gasteiger partial charge on any atom is -0.308 e. The van der Waals surface area contributed by atoms with Crippen LogP contribution < -0.4 is 5.32 Å². The summed E-state index contributed by atoms with van der Waals surface area (Å²) in [4.78, 5) is 4.63. The molecule has 0 aromatic heterocycles. The maximum absolute atomic E-state index is 9.45. The third kappa shape index (κ3) is 4.24. The molecule has 104 valence electrons. The summed E-state index contributed by atoms with van der Waals surface area (Å²) >= 11 is 0. The first-order valence-corrected chi connectivity index (χ1v) is 7.04. The molecule has 0 amide bonds. The van der Waals surface area contributed by atoms with Crippen molar-refractivity contribution in [2.24, 2.45) is 0 Å². The fourth-order valence-corrected chi connectivity index (χ4v) is 2.80. The molecular formula is C14H28N4. The smallest absolute Gasteiger partial charge is 0.108 e. The second kappa shape index (κ2) is 7.08. The molecule has 0 bridgehead atoms. The van der Waals surface area contributed by atoms with E-state index in [0.717, 1.165) is 38.9 Å². The van der Waals surface area contributed by atoms with Gasteiger partial charge in [0.15, 0.2) is 0 Å². The Balaban J connectivity index is 2.54. The molecule has 4 nitrogen and oxygen atoms in total. The van der Waals surface area contributed by atoms with E-state index in [4.69, 9.17) is 0 Å². The van der Waals surface area contributed by atoms with Crippen molar-refractivity contribution in [3.63, 3.8) is 0 Å². The second-order valence-electron chi connectivity index (χ2n) is 5.76. The molecule has 1 aliphatic carbocycles. The lowest BCUT2D eigenvalue weighted by Gasteiger charge is -2.40. The van der Waals surface area contributed by atoms with E-state index < -0.39 is 0 Å². The summed E-state index contributed by atoms with van der Waals surface area (Å²) in [6.45, 7) is 5.11. The summed E-state index contributed by atoms with van der Waals surface area (Å²) < 4.78 is 0. The molecular weight excluding hydrogens is 224 g/mol. The van der Waals surface area contributed by atoms with E-state index in [1.807, 2.05) is 0 Å². The van der Waals surface area contributed by atoms with Gasteiger partial charge in [0.05, 0.1) is 6.07 Å². The van der Waals surface area contributed by atoms with Crippen molar-refractivity contribution in [3.05, 3.63) is 0 Å². The first-order valence-electron chi connectivity index (χ1n) is 7.04. The topological polar surface area (TPSA) is 42.3 Å². The minimum absolute atomic E-state index is 0.288. The van der Waals surface area contributed by atoms with E-state index >= 15 is 0 Å². The molecule has 0 aliphatic heterocycles. The second-order valence-corrected chi connectivity index (χ2v) is 5.76. The van der Waals surface area contributed by atoms with Gasteiger partial charge in [-0.1, -0.05) is 6.92 Å². The van der Waals surface area contributed by atoms with E-state index in [0.29, 0.717) is 6.04 Å². The van der Waals surface area contributed by atoms with E-state index in [2.05, 4.69) is 49.3 Å². The Hall–Kier alpha value is -0.630. The van der Waals surface area contributed by atoms with Crippen LogP contribution in [0.15, 0.2) is 0 Å². The van der Waals surface area contributed by atoms with Crippen molar-refractivity contribution in [2.45, 2.75) is 44.2 Å². The van der Waals surface area contributed by atoms with Gasteiger partial charge in [0.1, 0.15) is 5.54 Å². The monoisotopic (exact) mass is 252 g/mol. The van der Waals surface area contributed by atoms with Gasteiger partial charge in [-0.3, -0.25) is 5.32 Å². The Morgan fingerprint density at radius 3 is 2.61 bits per heavy atom. The number of rotatable bonds is 6. The highest BCUT2D eigenvalue weighted by molar-refractivity contribution is 5.10. The first-order chi connectivity index (χ1) is 8.53. The molecule has 0 radical (unpaired) electrons. The number of nitriles is 1. The summed E-state index contributed by atoms with van der Waals surface area (Å²) in [7, 11) is 6.40. The molecule has 0 aromatic carbocycles. The lowest BCUT2D eigenvalue weighted by atomic mass is 9.79. The Morgan fingerprint density at radius 1 is 1.33 bits per heavy atom. The quantitative estimate of drug-likeness (QED) is 0.773. The van der Waals surface area contributed by atoms with Crippen LogP contribution in [0.5, 0.6) is 0 Å². The molecule has 4 heteroatoms. The summed E-state index contributed by atoms with van der Waals surface area (Å²) in [6, 6.07) is 3.06. The molecule has 1 saturated carbocycles. The third-order valence-electron chi connectivity index (χ3n) is 3.98. The van der Waals surface area contributed by atoms with Crippen molar-refractivity contribution < 1.29 is 0 Å². The van der Waals surface area contributed by atoms with Crippen molar-refractivity contribution in [2.75, 3.05) is 40.8 Å². The van der Waals surface area contributed by atoms with Crippen molar-refractivity contribution >= 4 is 0 Å². The standard InChI is InChI=1S/C14H28N4/c1-5-16-14(12-15)8-6-7-13(11-14)18(4)10-9-17(2)3/h13,16H,5-11H2,1-4H3. The highest BCUT2D eigenvalue weighted by Crippen LogP contribution is 2.30. The van der Waals surface area contributed by atoms with Crippen LogP contribution in [-0.4, -0.2) is 62.2 Å². The molecule has 18 heavy (non-hydrogen) atoms. The van der Waals surface area contributed by atoms with E-state index in [1.165, 1.54) is 6.42 Å². The minimum atomic E-state index is -0.288. The predicted molar refractivity (Wildman–Crippen MR) is 75.5 cm³/mol. The molecule has 2 unspecified atom stereocenters. The van der Waals surface area contributed by atoms with Crippen molar-refractivity contribution in [1.29, 1.82) is 5.26 Å². The zero-order valence-corrected chi connectivity index (χ0v) is 12.4. The fraction of sp³-hybridized carbons (Fsp3) is 0.929. The van der Waals surface area contributed by atoms with Crippen LogP contribution in [0.25, 0.3) is 0 Å². The Kier molecular flexibility index (Phi) is 6.07. The van der Waals surface area contributed by atoms with Crippen LogP contribution in [0.4, 0.5) is 0 Å². The summed E-state index contributed by atoms with van der Waals surface area (Å²) in [5, 5.41) is 12.9. The van der Waals surface area contributed by atoms with Gasteiger partial charge in [0.2, 0.25) is 0 Å². The number of hydrogen-bond acceptors (Lipinski definition) is 4. The largest absolute Gasteiger partial charge is 0.308 e. The number of nitrogens with one attached hydrogen (secondary N) is 1. The summed E-state index contributed by atoms with van der Waals surface area (Å²) in [5.41, 5.74) is -0.288. The molecule has 0 heterocycles. The molecule has 1 N–H and O–H groups in total. The van der Waals surface area contributed by atoms with Crippen LogP contribution in [0.2, 0.25) is 0 Å². The normalized spacial score (nSPS) is 28.6. The average Bonchev–Trinajstić information content (AvgIpc) is 2.36. The van der Waals surface area contributed by atoms with Gasteiger partial charge in [0.25, 0.3) is 0 Å². The molecule has 2 atom stereocenters. The molecule has 1 rings (SSSR count).